The van der Waals surface area contributed by atoms with Crippen molar-refractivity contribution in [2.45, 2.75) is 30.2 Å². The van der Waals surface area contributed by atoms with Gasteiger partial charge in [0.15, 0.2) is 0 Å². The largest absolute Gasteiger partial charge is 0.348 e. The summed E-state index contributed by atoms with van der Waals surface area (Å²) < 4.78 is 12.9. The van der Waals surface area contributed by atoms with Crippen molar-refractivity contribution in [2.75, 3.05) is 25.4 Å². The third-order valence-corrected chi connectivity index (χ3v) is 5.60. The van der Waals surface area contributed by atoms with E-state index in [4.69, 9.17) is 0 Å². The zero-order valence-electron chi connectivity index (χ0n) is 14.9. The van der Waals surface area contributed by atoms with Crippen LogP contribution in [0.4, 0.5) is 4.39 Å². The molecule has 2 aromatic rings. The number of carbonyl (C=O) groups excluding carboxylic acids is 1. The normalized spacial score (nSPS) is 15.7. The molecule has 1 amide bonds. The summed E-state index contributed by atoms with van der Waals surface area (Å²) in [5.41, 5.74) is 1.15. The summed E-state index contributed by atoms with van der Waals surface area (Å²) in [4.78, 5) is 15.8. The monoisotopic (exact) mass is 372 g/mol. The molecule has 0 radical (unpaired) electrons. The Morgan fingerprint density at radius 3 is 2.46 bits per heavy atom. The van der Waals surface area contributed by atoms with E-state index in [2.05, 4.69) is 22.3 Å². The number of thioether (sulfide) groups is 1. The molecule has 1 unspecified atom stereocenters. The fourth-order valence-electron chi connectivity index (χ4n) is 3.20. The zero-order chi connectivity index (χ0) is 18.2. The second-order valence-corrected chi connectivity index (χ2v) is 7.76. The highest BCUT2D eigenvalue weighted by atomic mass is 32.2. The van der Waals surface area contributed by atoms with Crippen LogP contribution in [0.5, 0.6) is 0 Å². The van der Waals surface area contributed by atoms with Gasteiger partial charge < -0.3 is 10.2 Å². The van der Waals surface area contributed by atoms with Crippen molar-refractivity contribution in [3.05, 3.63) is 66.0 Å². The highest BCUT2D eigenvalue weighted by Gasteiger charge is 2.20. The summed E-state index contributed by atoms with van der Waals surface area (Å²) in [6, 6.07) is 16.6. The predicted octanol–water partition coefficient (Wildman–Crippen LogP) is 4.26. The minimum atomic E-state index is -0.236. The van der Waals surface area contributed by atoms with Crippen molar-refractivity contribution < 1.29 is 9.18 Å². The van der Waals surface area contributed by atoms with E-state index in [-0.39, 0.29) is 17.8 Å². The lowest BCUT2D eigenvalue weighted by molar-refractivity contribution is -0.121. The average molecular weight is 373 g/mol. The highest BCUT2D eigenvalue weighted by molar-refractivity contribution is 7.99. The van der Waals surface area contributed by atoms with E-state index in [0.717, 1.165) is 30.1 Å². The van der Waals surface area contributed by atoms with Gasteiger partial charge in [-0.15, -0.1) is 11.8 Å². The van der Waals surface area contributed by atoms with Gasteiger partial charge in [0, 0.05) is 23.6 Å². The fraction of sp³-hybridized carbons (Fsp3) is 0.381. The number of likely N-dealkylation sites (tertiary alicyclic amines) is 1. The molecule has 3 rings (SSSR count). The maximum Gasteiger partial charge on any atom is 0.221 e. The van der Waals surface area contributed by atoms with Crippen LogP contribution in [-0.2, 0) is 4.79 Å². The third-order valence-electron chi connectivity index (χ3n) is 4.59. The van der Waals surface area contributed by atoms with Crippen LogP contribution >= 0.6 is 11.8 Å². The van der Waals surface area contributed by atoms with E-state index < -0.39 is 0 Å². The molecule has 0 saturated carbocycles. The number of carbonyl (C=O) groups is 1. The van der Waals surface area contributed by atoms with Gasteiger partial charge in [-0.2, -0.15) is 0 Å². The highest BCUT2D eigenvalue weighted by Crippen LogP contribution is 2.20. The average Bonchev–Trinajstić information content (AvgIpc) is 3.17. The van der Waals surface area contributed by atoms with E-state index in [1.807, 2.05) is 18.2 Å². The van der Waals surface area contributed by atoms with Gasteiger partial charge in [0.25, 0.3) is 0 Å². The number of hydrogen-bond acceptors (Lipinski definition) is 3. The molecule has 1 fully saturated rings. The Kier molecular flexibility index (Phi) is 7.09. The molecule has 1 N–H and O–H groups in total. The van der Waals surface area contributed by atoms with Crippen molar-refractivity contribution in [3.8, 4) is 0 Å². The molecule has 26 heavy (non-hydrogen) atoms. The number of halogens is 1. The Bertz CT molecular complexity index is 687. The summed E-state index contributed by atoms with van der Waals surface area (Å²) >= 11 is 1.58. The van der Waals surface area contributed by atoms with E-state index in [1.54, 1.807) is 23.9 Å². The van der Waals surface area contributed by atoms with Gasteiger partial charge in [0.1, 0.15) is 5.82 Å². The van der Waals surface area contributed by atoms with Crippen LogP contribution in [-0.4, -0.2) is 36.2 Å². The van der Waals surface area contributed by atoms with E-state index >= 15 is 0 Å². The third kappa shape index (κ3) is 5.85. The molecule has 3 nitrogen and oxygen atoms in total. The molecule has 1 heterocycles. The second kappa shape index (κ2) is 9.74. The summed E-state index contributed by atoms with van der Waals surface area (Å²) in [6.45, 7) is 3.08. The van der Waals surface area contributed by atoms with Crippen molar-refractivity contribution >= 4 is 17.7 Å². The maximum absolute atomic E-state index is 12.9. The lowest BCUT2D eigenvalue weighted by Crippen LogP contribution is -2.37. The molecule has 5 heteroatoms. The Morgan fingerprint density at radius 1 is 1.08 bits per heavy atom. The molecular weight excluding hydrogens is 347 g/mol. The standard InChI is InChI=1S/C21H25FN2OS/c22-18-8-10-19(11-9-18)26-15-12-21(25)23-20(16-24-13-4-5-14-24)17-6-2-1-3-7-17/h1-3,6-11,20H,4-5,12-16H2,(H,23,25). The van der Waals surface area contributed by atoms with Gasteiger partial charge in [-0.3, -0.25) is 4.79 Å². The van der Waals surface area contributed by atoms with Crippen LogP contribution in [0.3, 0.4) is 0 Å². The Hall–Kier alpha value is -1.85. The molecule has 0 spiro atoms. The van der Waals surface area contributed by atoms with Gasteiger partial charge >= 0.3 is 0 Å². The number of nitrogens with zero attached hydrogens (tertiary/aromatic N) is 1. The molecule has 1 aliphatic heterocycles. The molecule has 0 aromatic heterocycles. The van der Waals surface area contributed by atoms with E-state index in [0.29, 0.717) is 12.2 Å². The summed E-state index contributed by atoms with van der Waals surface area (Å²) in [6.07, 6.45) is 2.93. The lowest BCUT2D eigenvalue weighted by atomic mass is 10.1. The molecular formula is C21H25FN2OS. The zero-order valence-corrected chi connectivity index (χ0v) is 15.7. The van der Waals surface area contributed by atoms with Gasteiger partial charge in [0.05, 0.1) is 6.04 Å². The van der Waals surface area contributed by atoms with Crippen molar-refractivity contribution in [2.24, 2.45) is 0 Å². The Labute approximate surface area is 159 Å². The summed E-state index contributed by atoms with van der Waals surface area (Å²) in [5.74, 6) is 0.509. The lowest BCUT2D eigenvalue weighted by Gasteiger charge is -2.25. The molecule has 138 valence electrons. The second-order valence-electron chi connectivity index (χ2n) is 6.59. The molecule has 2 aromatic carbocycles. The smallest absolute Gasteiger partial charge is 0.221 e. The van der Waals surface area contributed by atoms with Crippen LogP contribution in [0.25, 0.3) is 0 Å². The van der Waals surface area contributed by atoms with E-state index in [1.165, 1.54) is 25.0 Å². The minimum Gasteiger partial charge on any atom is -0.348 e. The van der Waals surface area contributed by atoms with Crippen LogP contribution in [0, 0.1) is 5.82 Å². The van der Waals surface area contributed by atoms with Gasteiger partial charge in [-0.1, -0.05) is 30.3 Å². The van der Waals surface area contributed by atoms with Crippen molar-refractivity contribution in [1.82, 2.24) is 10.2 Å². The van der Waals surface area contributed by atoms with Crippen LogP contribution in [0.2, 0.25) is 0 Å². The molecule has 1 atom stereocenters. The molecule has 1 saturated heterocycles. The maximum atomic E-state index is 12.9. The number of amides is 1. The molecule has 1 aliphatic rings. The van der Waals surface area contributed by atoms with Gasteiger partial charge in [-0.25, -0.2) is 4.39 Å². The first-order valence-electron chi connectivity index (χ1n) is 9.16. The molecule has 0 aliphatic carbocycles. The van der Waals surface area contributed by atoms with Gasteiger partial charge in [0.2, 0.25) is 5.91 Å². The molecule has 0 bridgehead atoms. The minimum absolute atomic E-state index is 0.0256. The number of benzene rings is 2. The first kappa shape index (κ1) is 18.9. The first-order chi connectivity index (χ1) is 12.7. The fourth-order valence-corrected chi connectivity index (χ4v) is 4.05. The Morgan fingerprint density at radius 2 is 1.77 bits per heavy atom. The van der Waals surface area contributed by atoms with Crippen LogP contribution < -0.4 is 5.32 Å². The SMILES string of the molecule is O=C(CCSc1ccc(F)cc1)NC(CN1CCCC1)c1ccccc1. The number of nitrogens with one attached hydrogen (secondary N) is 1. The number of hydrogen-bond donors (Lipinski definition) is 1. The quantitative estimate of drug-likeness (QED) is 0.703. The van der Waals surface area contributed by atoms with Crippen molar-refractivity contribution in [1.29, 1.82) is 0 Å². The number of rotatable bonds is 8. The van der Waals surface area contributed by atoms with E-state index in [9.17, 15) is 9.18 Å². The summed E-state index contributed by atoms with van der Waals surface area (Å²) in [7, 11) is 0. The topological polar surface area (TPSA) is 32.3 Å². The van der Waals surface area contributed by atoms with Crippen LogP contribution in [0.15, 0.2) is 59.5 Å². The Balaban J connectivity index is 1.51. The summed E-state index contributed by atoms with van der Waals surface area (Å²) in [5, 5.41) is 3.20. The van der Waals surface area contributed by atoms with Crippen LogP contribution in [0.1, 0.15) is 30.9 Å². The van der Waals surface area contributed by atoms with Gasteiger partial charge in [-0.05, 0) is 55.8 Å². The van der Waals surface area contributed by atoms with Crippen molar-refractivity contribution in [3.63, 3.8) is 0 Å². The first-order valence-corrected chi connectivity index (χ1v) is 10.1. The predicted molar refractivity (Wildman–Crippen MR) is 105 cm³/mol.